The number of hydrogen-bond acceptors (Lipinski definition) is 5. The van der Waals surface area contributed by atoms with Crippen molar-refractivity contribution in [2.75, 3.05) is 31.9 Å². The number of hydrogen-bond donors (Lipinski definition) is 2. The fraction of sp³-hybridized carbons (Fsp3) is 0.875. The molecule has 0 aromatic rings. The normalized spacial score (nSPS) is 17.8. The van der Waals surface area contributed by atoms with E-state index in [1.165, 1.54) is 4.31 Å². The second kappa shape index (κ2) is 11.1. The molecule has 1 rings (SSSR count). The molecule has 1 aliphatic heterocycles. The summed E-state index contributed by atoms with van der Waals surface area (Å²) in [4.78, 5) is 25.0. The Morgan fingerprint density at radius 3 is 2.15 bits per heavy atom. The summed E-state index contributed by atoms with van der Waals surface area (Å²) in [7, 11) is -3.22. The fourth-order valence-corrected chi connectivity index (χ4v) is 3.94. The van der Waals surface area contributed by atoms with Gasteiger partial charge in [-0.05, 0) is 32.6 Å². The average molecular weight is 414 g/mol. The van der Waals surface area contributed by atoms with Crippen LogP contribution in [0.5, 0.6) is 0 Å². The van der Waals surface area contributed by atoms with Gasteiger partial charge in [-0.25, -0.2) is 12.7 Å². The van der Waals surface area contributed by atoms with Gasteiger partial charge in [-0.15, -0.1) is 12.4 Å². The molecule has 154 valence electrons. The van der Waals surface area contributed by atoms with E-state index in [0.717, 1.165) is 0 Å². The Hall–Kier alpha value is -0.900. The van der Waals surface area contributed by atoms with Crippen molar-refractivity contribution < 1.29 is 23.1 Å². The summed E-state index contributed by atoms with van der Waals surface area (Å²) in [5.41, 5.74) is 0. The molecule has 0 saturated carbocycles. The minimum Gasteiger partial charge on any atom is -0.480 e. The first kappa shape index (κ1) is 25.1. The van der Waals surface area contributed by atoms with Crippen LogP contribution in [0.15, 0.2) is 0 Å². The maximum Gasteiger partial charge on any atom is 0.317 e. The van der Waals surface area contributed by atoms with E-state index < -0.39 is 16.0 Å². The highest BCUT2D eigenvalue weighted by Crippen LogP contribution is 2.19. The van der Waals surface area contributed by atoms with Gasteiger partial charge >= 0.3 is 5.97 Å². The number of piperidine rings is 1. The Balaban J connectivity index is 0.00000625. The standard InChI is InChI=1S/C16H31N3O5S.ClH/c1-5-25(23,24)19-8-6-14(7-9-19)18(11-16(21)22)10-15(20)17-13(4)12(2)3;/h12-14H,5-11H2,1-4H3,(H,17,20)(H,21,22);1H. The maximum atomic E-state index is 12.2. The molecule has 2 N–H and O–H groups in total. The number of carboxylic acids is 1. The molecule has 1 unspecified atom stereocenters. The topological polar surface area (TPSA) is 107 Å². The molecule has 26 heavy (non-hydrogen) atoms. The molecule has 0 aliphatic carbocycles. The van der Waals surface area contributed by atoms with Crippen LogP contribution < -0.4 is 5.32 Å². The first-order valence-corrected chi connectivity index (χ1v) is 10.4. The number of halogens is 1. The lowest BCUT2D eigenvalue weighted by molar-refractivity contribution is -0.139. The van der Waals surface area contributed by atoms with Crippen LogP contribution >= 0.6 is 12.4 Å². The highest BCUT2D eigenvalue weighted by atomic mass is 35.5. The average Bonchev–Trinajstić information content (AvgIpc) is 2.53. The summed E-state index contributed by atoms with van der Waals surface area (Å²) in [6, 6.07) is -0.102. The number of nitrogens with one attached hydrogen (secondary N) is 1. The molecule has 8 nitrogen and oxygen atoms in total. The van der Waals surface area contributed by atoms with Gasteiger partial charge in [-0.2, -0.15) is 0 Å². The van der Waals surface area contributed by atoms with Crippen LogP contribution in [0.25, 0.3) is 0 Å². The molecule has 1 aliphatic rings. The van der Waals surface area contributed by atoms with Crippen molar-refractivity contribution in [1.82, 2.24) is 14.5 Å². The van der Waals surface area contributed by atoms with E-state index in [2.05, 4.69) is 5.32 Å². The molecular weight excluding hydrogens is 382 g/mol. The maximum absolute atomic E-state index is 12.2. The summed E-state index contributed by atoms with van der Waals surface area (Å²) in [5, 5.41) is 12.0. The minimum absolute atomic E-state index is 0. The van der Waals surface area contributed by atoms with Crippen molar-refractivity contribution in [3.8, 4) is 0 Å². The van der Waals surface area contributed by atoms with E-state index in [1.807, 2.05) is 20.8 Å². The number of rotatable bonds is 9. The van der Waals surface area contributed by atoms with E-state index in [9.17, 15) is 18.0 Å². The highest BCUT2D eigenvalue weighted by molar-refractivity contribution is 7.89. The van der Waals surface area contributed by atoms with Gasteiger partial charge in [-0.1, -0.05) is 13.8 Å². The predicted octanol–water partition coefficient (Wildman–Crippen LogP) is 0.770. The Morgan fingerprint density at radius 1 is 1.19 bits per heavy atom. The molecular formula is C16H32ClN3O5S. The van der Waals surface area contributed by atoms with Gasteiger partial charge in [0, 0.05) is 25.2 Å². The van der Waals surface area contributed by atoms with E-state index in [1.54, 1.807) is 11.8 Å². The van der Waals surface area contributed by atoms with E-state index >= 15 is 0 Å². The third kappa shape index (κ3) is 7.77. The van der Waals surface area contributed by atoms with Crippen LogP contribution in [0.4, 0.5) is 0 Å². The Labute approximate surface area is 162 Å². The summed E-state index contributed by atoms with van der Waals surface area (Å²) in [6.45, 7) is 8.04. The zero-order chi connectivity index (χ0) is 19.2. The molecule has 1 fully saturated rings. The summed E-state index contributed by atoms with van der Waals surface area (Å²) in [6.07, 6.45) is 1.05. The molecule has 0 radical (unpaired) electrons. The number of nitrogens with zero attached hydrogens (tertiary/aromatic N) is 2. The number of sulfonamides is 1. The number of carboxylic acid groups (broad SMARTS) is 1. The van der Waals surface area contributed by atoms with Crippen LogP contribution in [-0.2, 0) is 19.6 Å². The lowest BCUT2D eigenvalue weighted by Gasteiger charge is -2.37. The Morgan fingerprint density at radius 2 is 1.73 bits per heavy atom. The zero-order valence-electron chi connectivity index (χ0n) is 16.0. The van der Waals surface area contributed by atoms with Gasteiger partial charge in [0.05, 0.1) is 18.8 Å². The second-order valence-corrected chi connectivity index (χ2v) is 9.19. The van der Waals surface area contributed by atoms with Crippen molar-refractivity contribution in [2.24, 2.45) is 5.92 Å². The molecule has 1 amide bonds. The largest absolute Gasteiger partial charge is 0.480 e. The lowest BCUT2D eigenvalue weighted by atomic mass is 10.0. The van der Waals surface area contributed by atoms with Crippen LogP contribution in [-0.4, -0.2) is 78.6 Å². The first-order valence-electron chi connectivity index (χ1n) is 8.79. The Kier molecular flexibility index (Phi) is 10.7. The SMILES string of the molecule is CCS(=O)(=O)N1CCC(N(CC(=O)O)CC(=O)NC(C)C(C)C)CC1.Cl. The van der Waals surface area contributed by atoms with Gasteiger partial charge in [0.2, 0.25) is 15.9 Å². The van der Waals surface area contributed by atoms with Gasteiger partial charge in [0.15, 0.2) is 0 Å². The summed E-state index contributed by atoms with van der Waals surface area (Å²) in [5.74, 6) is -0.842. The van der Waals surface area contributed by atoms with Crippen LogP contribution in [0.2, 0.25) is 0 Å². The lowest BCUT2D eigenvalue weighted by Crippen LogP contribution is -2.52. The number of carbonyl (C=O) groups is 2. The second-order valence-electron chi connectivity index (χ2n) is 6.93. The van der Waals surface area contributed by atoms with Crippen molar-refractivity contribution in [3.63, 3.8) is 0 Å². The number of carbonyl (C=O) groups excluding carboxylic acids is 1. The van der Waals surface area contributed by atoms with Crippen molar-refractivity contribution in [2.45, 2.75) is 52.6 Å². The first-order chi connectivity index (χ1) is 11.6. The summed E-state index contributed by atoms with van der Waals surface area (Å²) >= 11 is 0. The molecule has 0 aromatic heterocycles. The molecule has 1 saturated heterocycles. The summed E-state index contributed by atoms with van der Waals surface area (Å²) < 4.78 is 25.3. The molecule has 10 heteroatoms. The van der Waals surface area contributed by atoms with Gasteiger partial charge in [0.25, 0.3) is 0 Å². The quantitative estimate of drug-likeness (QED) is 0.578. The fourth-order valence-electron chi connectivity index (χ4n) is 2.81. The highest BCUT2D eigenvalue weighted by Gasteiger charge is 2.31. The monoisotopic (exact) mass is 413 g/mol. The molecule has 1 heterocycles. The zero-order valence-corrected chi connectivity index (χ0v) is 17.6. The Bertz CT molecular complexity index is 562. The van der Waals surface area contributed by atoms with E-state index in [4.69, 9.17) is 5.11 Å². The van der Waals surface area contributed by atoms with Gasteiger partial charge in [-0.3, -0.25) is 14.5 Å². The number of amides is 1. The van der Waals surface area contributed by atoms with Crippen molar-refractivity contribution in [3.05, 3.63) is 0 Å². The number of aliphatic carboxylic acids is 1. The third-order valence-electron chi connectivity index (χ3n) is 4.77. The molecule has 1 atom stereocenters. The van der Waals surface area contributed by atoms with Gasteiger partial charge < -0.3 is 10.4 Å². The van der Waals surface area contributed by atoms with Crippen molar-refractivity contribution in [1.29, 1.82) is 0 Å². The molecule has 0 aromatic carbocycles. The van der Waals surface area contributed by atoms with Gasteiger partial charge in [0.1, 0.15) is 0 Å². The minimum atomic E-state index is -3.22. The third-order valence-corrected chi connectivity index (χ3v) is 6.65. The van der Waals surface area contributed by atoms with E-state index in [0.29, 0.717) is 31.8 Å². The van der Waals surface area contributed by atoms with E-state index in [-0.39, 0.29) is 49.2 Å². The van der Waals surface area contributed by atoms with Crippen LogP contribution in [0.1, 0.15) is 40.5 Å². The predicted molar refractivity (Wildman–Crippen MR) is 103 cm³/mol. The van der Waals surface area contributed by atoms with Crippen LogP contribution in [0.3, 0.4) is 0 Å². The smallest absolute Gasteiger partial charge is 0.317 e. The molecule has 0 spiro atoms. The molecule has 0 bridgehead atoms. The van der Waals surface area contributed by atoms with Crippen LogP contribution in [0, 0.1) is 5.92 Å². The van der Waals surface area contributed by atoms with Crippen molar-refractivity contribution >= 4 is 34.3 Å².